The third kappa shape index (κ3) is 5.24. The summed E-state index contributed by atoms with van der Waals surface area (Å²) in [5.74, 6) is -0.851. The average molecular weight is 391 g/mol. The fourth-order valence-electron chi connectivity index (χ4n) is 2.98. The monoisotopic (exact) mass is 390 g/mol. The van der Waals surface area contributed by atoms with Crippen LogP contribution in [0.15, 0.2) is 42.6 Å². The Bertz CT molecular complexity index is 819. The molecule has 1 aromatic carbocycles. The highest BCUT2D eigenvalue weighted by Gasteiger charge is 2.31. The number of nitrogens with one attached hydrogen (secondary N) is 2. The quantitative estimate of drug-likeness (QED) is 0.789. The summed E-state index contributed by atoms with van der Waals surface area (Å²) in [5, 5.41) is 5.88. The number of hydrogen-bond acceptors (Lipinski definition) is 4. The Labute approximate surface area is 161 Å². The normalized spacial score (nSPS) is 17.4. The number of aromatic nitrogens is 1. The van der Waals surface area contributed by atoms with Crippen LogP contribution in [0.1, 0.15) is 17.7 Å². The van der Waals surface area contributed by atoms with Gasteiger partial charge in [-0.15, -0.1) is 0 Å². The topological polar surface area (TPSA) is 74.3 Å². The standard InChI is InChI=1S/C19H20ClFN4O2/c20-16-9-14(21)5-4-13(16)12-25-8-7-23-19(27)17(25)10-18(26)24-11-15-3-1-2-6-22-15/h1-6,9,17H,7-8,10-12H2,(H,23,27)(H,24,26)/t17-/m0/s1. The van der Waals surface area contributed by atoms with Gasteiger partial charge in [0, 0.05) is 30.9 Å². The van der Waals surface area contributed by atoms with E-state index in [1.807, 2.05) is 17.0 Å². The van der Waals surface area contributed by atoms with Gasteiger partial charge < -0.3 is 10.6 Å². The number of benzene rings is 1. The maximum atomic E-state index is 13.2. The van der Waals surface area contributed by atoms with Gasteiger partial charge in [0.15, 0.2) is 0 Å². The molecule has 2 aromatic rings. The van der Waals surface area contributed by atoms with Gasteiger partial charge in [-0.25, -0.2) is 4.39 Å². The number of halogens is 2. The molecule has 0 aliphatic carbocycles. The predicted octanol–water partition coefficient (Wildman–Crippen LogP) is 1.88. The number of nitrogens with zero attached hydrogens (tertiary/aromatic N) is 2. The third-order valence-electron chi connectivity index (χ3n) is 4.40. The van der Waals surface area contributed by atoms with Crippen molar-refractivity contribution in [1.29, 1.82) is 0 Å². The molecule has 0 unspecified atom stereocenters. The summed E-state index contributed by atoms with van der Waals surface area (Å²) < 4.78 is 13.2. The number of carbonyl (C=O) groups excluding carboxylic acids is 2. The lowest BCUT2D eigenvalue weighted by molar-refractivity contribution is -0.134. The van der Waals surface area contributed by atoms with E-state index in [9.17, 15) is 14.0 Å². The molecule has 2 heterocycles. The minimum absolute atomic E-state index is 0.0253. The first-order chi connectivity index (χ1) is 13.0. The van der Waals surface area contributed by atoms with Crippen LogP contribution in [0, 0.1) is 5.82 Å². The zero-order chi connectivity index (χ0) is 19.2. The molecule has 0 bridgehead atoms. The highest BCUT2D eigenvalue weighted by Crippen LogP contribution is 2.21. The Balaban J connectivity index is 1.63. The Kier molecular flexibility index (Phi) is 6.36. The van der Waals surface area contributed by atoms with Gasteiger partial charge in [-0.3, -0.25) is 19.5 Å². The second kappa shape index (κ2) is 8.92. The summed E-state index contributed by atoms with van der Waals surface area (Å²) in [6, 6.07) is 9.03. The summed E-state index contributed by atoms with van der Waals surface area (Å²) in [4.78, 5) is 30.7. The Hall–Kier alpha value is -2.51. The minimum Gasteiger partial charge on any atom is -0.353 e. The molecular formula is C19H20ClFN4O2. The summed E-state index contributed by atoms with van der Waals surface area (Å²) in [6.45, 7) is 1.74. The van der Waals surface area contributed by atoms with Crippen molar-refractivity contribution in [2.75, 3.05) is 13.1 Å². The van der Waals surface area contributed by atoms with Gasteiger partial charge in [-0.1, -0.05) is 23.7 Å². The number of carbonyl (C=O) groups is 2. The first-order valence-electron chi connectivity index (χ1n) is 8.65. The van der Waals surface area contributed by atoms with Crippen molar-refractivity contribution in [3.8, 4) is 0 Å². The van der Waals surface area contributed by atoms with E-state index < -0.39 is 11.9 Å². The van der Waals surface area contributed by atoms with Crippen molar-refractivity contribution in [3.05, 3.63) is 64.7 Å². The fourth-order valence-corrected chi connectivity index (χ4v) is 3.21. The second-order valence-corrected chi connectivity index (χ2v) is 6.72. The molecule has 1 fully saturated rings. The molecule has 1 aliphatic heterocycles. The molecule has 2 amide bonds. The van der Waals surface area contributed by atoms with E-state index in [1.54, 1.807) is 18.3 Å². The van der Waals surface area contributed by atoms with Crippen molar-refractivity contribution < 1.29 is 14.0 Å². The van der Waals surface area contributed by atoms with Gasteiger partial charge >= 0.3 is 0 Å². The van der Waals surface area contributed by atoms with E-state index in [1.165, 1.54) is 12.1 Å². The zero-order valence-corrected chi connectivity index (χ0v) is 15.4. The fraction of sp³-hybridized carbons (Fsp3) is 0.316. The molecule has 2 N–H and O–H groups in total. The van der Waals surface area contributed by atoms with Crippen molar-refractivity contribution >= 4 is 23.4 Å². The summed E-state index contributed by atoms with van der Waals surface area (Å²) in [6.07, 6.45) is 1.68. The number of amides is 2. The maximum Gasteiger partial charge on any atom is 0.237 e. The van der Waals surface area contributed by atoms with Crippen LogP contribution in [0.3, 0.4) is 0 Å². The highest BCUT2D eigenvalue weighted by atomic mass is 35.5. The molecule has 8 heteroatoms. The zero-order valence-electron chi connectivity index (χ0n) is 14.6. The lowest BCUT2D eigenvalue weighted by Crippen LogP contribution is -2.56. The molecule has 1 aromatic heterocycles. The summed E-state index contributed by atoms with van der Waals surface area (Å²) in [7, 11) is 0. The first kappa shape index (κ1) is 19.3. The molecule has 1 aliphatic rings. The molecule has 3 rings (SSSR count). The highest BCUT2D eigenvalue weighted by molar-refractivity contribution is 6.31. The smallest absolute Gasteiger partial charge is 0.237 e. The molecule has 142 valence electrons. The summed E-state index contributed by atoms with van der Waals surface area (Å²) >= 11 is 6.10. The minimum atomic E-state index is -0.608. The molecule has 0 spiro atoms. The summed E-state index contributed by atoms with van der Waals surface area (Å²) in [5.41, 5.74) is 1.46. The van der Waals surface area contributed by atoms with E-state index in [-0.39, 0.29) is 18.2 Å². The van der Waals surface area contributed by atoms with Gasteiger partial charge in [0.25, 0.3) is 0 Å². The van der Waals surface area contributed by atoms with Crippen molar-refractivity contribution in [2.45, 2.75) is 25.6 Å². The Morgan fingerprint density at radius 3 is 2.96 bits per heavy atom. The first-order valence-corrected chi connectivity index (χ1v) is 9.03. The van der Waals surface area contributed by atoms with Crippen LogP contribution in [0.25, 0.3) is 0 Å². The number of pyridine rings is 1. The van der Waals surface area contributed by atoms with Gasteiger partial charge in [0.1, 0.15) is 5.82 Å². The SMILES string of the molecule is O=C(C[C@H]1C(=O)NCCN1Cc1ccc(F)cc1Cl)NCc1ccccn1. The van der Waals surface area contributed by atoms with E-state index in [2.05, 4.69) is 15.6 Å². The molecule has 1 atom stereocenters. The van der Waals surface area contributed by atoms with Crippen LogP contribution in [0.5, 0.6) is 0 Å². The molecule has 6 nitrogen and oxygen atoms in total. The van der Waals surface area contributed by atoms with Crippen molar-refractivity contribution in [1.82, 2.24) is 20.5 Å². The maximum absolute atomic E-state index is 13.2. The van der Waals surface area contributed by atoms with Crippen LogP contribution >= 0.6 is 11.6 Å². The number of piperazine rings is 1. The lowest BCUT2D eigenvalue weighted by atomic mass is 10.1. The Morgan fingerprint density at radius 1 is 1.37 bits per heavy atom. The van der Waals surface area contributed by atoms with E-state index >= 15 is 0 Å². The largest absolute Gasteiger partial charge is 0.353 e. The van der Waals surface area contributed by atoms with Crippen LogP contribution in [-0.4, -0.2) is 40.8 Å². The van der Waals surface area contributed by atoms with Crippen LogP contribution in [-0.2, 0) is 22.7 Å². The van der Waals surface area contributed by atoms with Gasteiger partial charge in [0.05, 0.1) is 24.7 Å². The van der Waals surface area contributed by atoms with E-state index in [4.69, 9.17) is 11.6 Å². The van der Waals surface area contributed by atoms with Gasteiger partial charge in [0.2, 0.25) is 11.8 Å². The third-order valence-corrected chi connectivity index (χ3v) is 4.75. The van der Waals surface area contributed by atoms with Crippen LogP contribution < -0.4 is 10.6 Å². The number of rotatable bonds is 6. The average Bonchev–Trinajstić information content (AvgIpc) is 2.66. The molecule has 0 saturated carbocycles. The van der Waals surface area contributed by atoms with Crippen molar-refractivity contribution in [3.63, 3.8) is 0 Å². The Morgan fingerprint density at radius 2 is 2.22 bits per heavy atom. The van der Waals surface area contributed by atoms with Gasteiger partial charge in [-0.2, -0.15) is 0 Å². The van der Waals surface area contributed by atoms with Crippen LogP contribution in [0.2, 0.25) is 5.02 Å². The lowest BCUT2D eigenvalue weighted by Gasteiger charge is -2.34. The molecule has 27 heavy (non-hydrogen) atoms. The second-order valence-electron chi connectivity index (χ2n) is 6.31. The van der Waals surface area contributed by atoms with Crippen LogP contribution in [0.4, 0.5) is 4.39 Å². The van der Waals surface area contributed by atoms with Crippen molar-refractivity contribution in [2.24, 2.45) is 0 Å². The number of hydrogen-bond donors (Lipinski definition) is 2. The predicted molar refractivity (Wildman–Crippen MR) is 99.3 cm³/mol. The van der Waals surface area contributed by atoms with Gasteiger partial charge in [-0.05, 0) is 29.8 Å². The molecule has 0 radical (unpaired) electrons. The molecular weight excluding hydrogens is 371 g/mol. The van der Waals surface area contributed by atoms with E-state index in [0.29, 0.717) is 36.8 Å². The molecule has 1 saturated heterocycles. The van der Waals surface area contributed by atoms with E-state index in [0.717, 1.165) is 5.69 Å².